The predicted octanol–water partition coefficient (Wildman–Crippen LogP) is 1.01. The number of carbonyl (C=O) groups is 2. The highest BCUT2D eigenvalue weighted by molar-refractivity contribution is 5.95. The van der Waals surface area contributed by atoms with Crippen LogP contribution >= 0.6 is 0 Å². The van der Waals surface area contributed by atoms with Crippen molar-refractivity contribution < 1.29 is 24.2 Å². The number of amides is 1. The quantitative estimate of drug-likeness (QED) is 0.846. The number of ether oxygens (including phenoxy) is 2. The summed E-state index contributed by atoms with van der Waals surface area (Å²) in [6.07, 6.45) is 1.23. The SMILES string of the molecule is O=C(NCC1(C(=O)O)CC1)c1ccc2c(c1)OCO2. The van der Waals surface area contributed by atoms with Gasteiger partial charge in [0.2, 0.25) is 6.79 Å². The maximum absolute atomic E-state index is 11.9. The fourth-order valence-corrected chi connectivity index (χ4v) is 2.01. The second-order valence-corrected chi connectivity index (χ2v) is 4.84. The van der Waals surface area contributed by atoms with Crippen molar-refractivity contribution in [2.24, 2.45) is 5.41 Å². The molecular formula is C13H13NO5. The molecule has 2 aliphatic rings. The number of hydrogen-bond donors (Lipinski definition) is 2. The number of rotatable bonds is 4. The van der Waals surface area contributed by atoms with Crippen LogP contribution in [0.15, 0.2) is 18.2 Å². The largest absolute Gasteiger partial charge is 0.481 e. The summed E-state index contributed by atoms with van der Waals surface area (Å²) in [7, 11) is 0. The molecule has 100 valence electrons. The van der Waals surface area contributed by atoms with Crippen molar-refractivity contribution in [3.8, 4) is 11.5 Å². The van der Waals surface area contributed by atoms with Crippen LogP contribution in [0.5, 0.6) is 11.5 Å². The number of aliphatic carboxylic acids is 1. The van der Waals surface area contributed by atoms with Crippen LogP contribution in [0.4, 0.5) is 0 Å². The van der Waals surface area contributed by atoms with Crippen LogP contribution in [0, 0.1) is 5.41 Å². The van der Waals surface area contributed by atoms with Crippen molar-refractivity contribution in [3.05, 3.63) is 23.8 Å². The minimum atomic E-state index is -0.849. The van der Waals surface area contributed by atoms with E-state index in [0.717, 1.165) is 0 Å². The maximum Gasteiger partial charge on any atom is 0.311 e. The highest BCUT2D eigenvalue weighted by Crippen LogP contribution is 2.45. The molecular weight excluding hydrogens is 250 g/mol. The molecule has 0 atom stereocenters. The summed E-state index contributed by atoms with van der Waals surface area (Å²) >= 11 is 0. The van der Waals surface area contributed by atoms with E-state index in [-0.39, 0.29) is 19.2 Å². The summed E-state index contributed by atoms with van der Waals surface area (Å²) in [5, 5.41) is 11.7. The van der Waals surface area contributed by atoms with Gasteiger partial charge in [-0.3, -0.25) is 9.59 Å². The molecule has 1 fully saturated rings. The molecule has 0 radical (unpaired) electrons. The Balaban J connectivity index is 1.66. The molecule has 1 aliphatic carbocycles. The molecule has 1 heterocycles. The molecule has 2 N–H and O–H groups in total. The first kappa shape index (κ1) is 11.8. The van der Waals surface area contributed by atoms with E-state index >= 15 is 0 Å². The number of fused-ring (bicyclic) bond motifs is 1. The molecule has 0 saturated heterocycles. The van der Waals surface area contributed by atoms with Gasteiger partial charge in [0.1, 0.15) is 0 Å². The van der Waals surface area contributed by atoms with Gasteiger partial charge in [0.05, 0.1) is 5.41 Å². The van der Waals surface area contributed by atoms with Crippen molar-refractivity contribution >= 4 is 11.9 Å². The first-order chi connectivity index (χ1) is 9.11. The summed E-state index contributed by atoms with van der Waals surface area (Å²) in [6, 6.07) is 4.89. The Kier molecular flexibility index (Phi) is 2.58. The Morgan fingerprint density at radius 1 is 1.26 bits per heavy atom. The lowest BCUT2D eigenvalue weighted by atomic mass is 10.1. The summed E-state index contributed by atoms with van der Waals surface area (Å²) in [5.74, 6) is -0.00270. The van der Waals surface area contributed by atoms with Gasteiger partial charge in [0.15, 0.2) is 11.5 Å². The third-order valence-electron chi connectivity index (χ3n) is 3.53. The third-order valence-corrected chi connectivity index (χ3v) is 3.53. The Hall–Kier alpha value is -2.24. The van der Waals surface area contributed by atoms with Crippen molar-refractivity contribution in [2.75, 3.05) is 13.3 Å². The molecule has 0 spiro atoms. The molecule has 1 amide bonds. The van der Waals surface area contributed by atoms with Crippen molar-refractivity contribution in [1.82, 2.24) is 5.32 Å². The third kappa shape index (κ3) is 2.09. The Morgan fingerprint density at radius 2 is 2.00 bits per heavy atom. The van der Waals surface area contributed by atoms with Crippen LogP contribution in [0.25, 0.3) is 0 Å². The van der Waals surface area contributed by atoms with Crippen molar-refractivity contribution in [2.45, 2.75) is 12.8 Å². The van der Waals surface area contributed by atoms with Gasteiger partial charge in [0, 0.05) is 12.1 Å². The van der Waals surface area contributed by atoms with E-state index < -0.39 is 11.4 Å². The van der Waals surface area contributed by atoms with Crippen LogP contribution in [0.1, 0.15) is 23.2 Å². The predicted molar refractivity (Wildman–Crippen MR) is 64.2 cm³/mol. The van der Waals surface area contributed by atoms with Crippen LogP contribution < -0.4 is 14.8 Å². The van der Waals surface area contributed by atoms with Gasteiger partial charge in [0.25, 0.3) is 5.91 Å². The number of carbonyl (C=O) groups excluding carboxylic acids is 1. The van der Waals surface area contributed by atoms with Crippen LogP contribution in [0.3, 0.4) is 0 Å². The molecule has 0 unspecified atom stereocenters. The lowest BCUT2D eigenvalue weighted by Gasteiger charge is -2.11. The average molecular weight is 263 g/mol. The van der Waals surface area contributed by atoms with Gasteiger partial charge < -0.3 is 19.9 Å². The van der Waals surface area contributed by atoms with Crippen LogP contribution in [0.2, 0.25) is 0 Å². The Morgan fingerprint density at radius 3 is 2.68 bits per heavy atom. The lowest BCUT2D eigenvalue weighted by Crippen LogP contribution is -2.34. The van der Waals surface area contributed by atoms with E-state index in [4.69, 9.17) is 14.6 Å². The zero-order valence-electron chi connectivity index (χ0n) is 10.1. The van der Waals surface area contributed by atoms with E-state index in [9.17, 15) is 9.59 Å². The number of carboxylic acids is 1. The number of nitrogens with one attached hydrogen (secondary N) is 1. The highest BCUT2D eigenvalue weighted by Gasteiger charge is 2.50. The number of carboxylic acid groups (broad SMARTS) is 1. The van der Waals surface area contributed by atoms with Gasteiger partial charge in [-0.2, -0.15) is 0 Å². The van der Waals surface area contributed by atoms with E-state index in [1.54, 1.807) is 18.2 Å². The number of benzene rings is 1. The zero-order valence-corrected chi connectivity index (χ0v) is 10.1. The first-order valence-electron chi connectivity index (χ1n) is 6.02. The standard InChI is InChI=1S/C13H13NO5/c15-11(14-6-13(3-4-13)12(16)17)8-1-2-9-10(5-8)19-7-18-9/h1-2,5H,3-4,6-7H2,(H,14,15)(H,16,17). The van der Waals surface area contributed by atoms with Gasteiger partial charge in [-0.25, -0.2) is 0 Å². The highest BCUT2D eigenvalue weighted by atomic mass is 16.7. The topological polar surface area (TPSA) is 84.9 Å². The summed E-state index contributed by atoms with van der Waals surface area (Å²) in [5.41, 5.74) is -0.322. The van der Waals surface area contributed by atoms with E-state index in [2.05, 4.69) is 5.32 Å². The smallest absolute Gasteiger partial charge is 0.311 e. The molecule has 1 aromatic carbocycles. The minimum absolute atomic E-state index is 0.155. The summed E-state index contributed by atoms with van der Waals surface area (Å²) in [4.78, 5) is 22.9. The molecule has 6 heteroatoms. The van der Waals surface area contributed by atoms with Crippen LogP contribution in [-0.4, -0.2) is 30.3 Å². The molecule has 1 aliphatic heterocycles. The molecule has 0 bridgehead atoms. The van der Waals surface area contributed by atoms with Gasteiger partial charge in [-0.05, 0) is 31.0 Å². The van der Waals surface area contributed by atoms with Crippen LogP contribution in [-0.2, 0) is 4.79 Å². The fourth-order valence-electron chi connectivity index (χ4n) is 2.01. The maximum atomic E-state index is 11.9. The first-order valence-corrected chi connectivity index (χ1v) is 6.02. The van der Waals surface area contributed by atoms with Gasteiger partial charge >= 0.3 is 5.97 Å². The molecule has 1 saturated carbocycles. The van der Waals surface area contributed by atoms with E-state index in [1.165, 1.54) is 0 Å². The molecule has 19 heavy (non-hydrogen) atoms. The Labute approximate surface area is 109 Å². The molecule has 6 nitrogen and oxygen atoms in total. The zero-order chi connectivity index (χ0) is 13.5. The summed E-state index contributed by atoms with van der Waals surface area (Å²) < 4.78 is 10.3. The average Bonchev–Trinajstić information content (AvgIpc) is 3.06. The van der Waals surface area contributed by atoms with E-state index in [1.807, 2.05) is 0 Å². The lowest BCUT2D eigenvalue weighted by molar-refractivity contribution is -0.143. The normalized spacial score (nSPS) is 17.9. The Bertz CT molecular complexity index is 550. The molecule has 3 rings (SSSR count). The van der Waals surface area contributed by atoms with Gasteiger partial charge in [-0.1, -0.05) is 0 Å². The van der Waals surface area contributed by atoms with Crippen molar-refractivity contribution in [3.63, 3.8) is 0 Å². The molecule has 1 aromatic rings. The molecule has 0 aromatic heterocycles. The van der Waals surface area contributed by atoms with E-state index in [0.29, 0.717) is 29.9 Å². The fraction of sp³-hybridized carbons (Fsp3) is 0.385. The summed E-state index contributed by atoms with van der Waals surface area (Å²) in [6.45, 7) is 0.318. The van der Waals surface area contributed by atoms with Gasteiger partial charge in [-0.15, -0.1) is 0 Å². The number of hydrogen-bond acceptors (Lipinski definition) is 4. The van der Waals surface area contributed by atoms with Crippen molar-refractivity contribution in [1.29, 1.82) is 0 Å². The minimum Gasteiger partial charge on any atom is -0.481 e. The monoisotopic (exact) mass is 263 g/mol. The second kappa shape index (κ2) is 4.15. The second-order valence-electron chi connectivity index (χ2n) is 4.84.